The van der Waals surface area contributed by atoms with Gasteiger partial charge in [-0.1, -0.05) is 165 Å². The molecule has 0 heterocycles. The fourth-order valence-corrected chi connectivity index (χ4v) is 7.66. The molecular weight excluding hydrogens is 628 g/mol. The fourth-order valence-electron chi connectivity index (χ4n) is 3.97. The Bertz CT molecular complexity index is 1120. The summed E-state index contributed by atoms with van der Waals surface area (Å²) >= 11 is 54.9. The summed E-state index contributed by atoms with van der Waals surface area (Å²) in [6.45, 7) is 0. The van der Waals surface area contributed by atoms with Gasteiger partial charge >= 0.3 is 0 Å². The Morgan fingerprint density at radius 3 is 1.26 bits per heavy atom. The van der Waals surface area contributed by atoms with Crippen LogP contribution in [0.1, 0.15) is 11.1 Å². The maximum absolute atomic E-state index is 6.89. The molecule has 0 amide bonds. The molecule has 0 bridgehead atoms. The van der Waals surface area contributed by atoms with Crippen LogP contribution in [-0.4, -0.2) is 8.67 Å². The number of rotatable bonds is 6. The SMILES string of the molecule is ClC1=CC(SC2=C(Cl)C(Cc3ccccc3)C(Cl)(Cl)C(Cl)=C2)=C(Cl)C(Cc2ccccc2)C1(Cl)Cl. The highest BCUT2D eigenvalue weighted by Gasteiger charge is 2.46. The zero-order valence-electron chi connectivity index (χ0n) is 17.9. The summed E-state index contributed by atoms with van der Waals surface area (Å²) in [6.07, 6.45) is 4.36. The minimum absolute atomic E-state index is 0.279. The second-order valence-electron chi connectivity index (χ2n) is 8.24. The molecule has 0 saturated carbocycles. The van der Waals surface area contributed by atoms with Crippen molar-refractivity contribution in [2.45, 2.75) is 21.5 Å². The monoisotopic (exact) mass is 642 g/mol. The average Bonchev–Trinajstić information content (AvgIpc) is 2.83. The summed E-state index contributed by atoms with van der Waals surface area (Å²) in [6, 6.07) is 19.6. The Kier molecular flexibility index (Phi) is 9.18. The van der Waals surface area contributed by atoms with Crippen LogP contribution in [0.25, 0.3) is 0 Å². The fraction of sp³-hybridized carbons (Fsp3) is 0.231. The number of thioether (sulfide) groups is 1. The van der Waals surface area contributed by atoms with E-state index in [9.17, 15) is 0 Å². The van der Waals surface area contributed by atoms with Crippen molar-refractivity contribution in [2.75, 3.05) is 0 Å². The van der Waals surface area contributed by atoms with E-state index in [0.717, 1.165) is 11.1 Å². The van der Waals surface area contributed by atoms with E-state index in [1.54, 1.807) is 12.2 Å². The number of allylic oxidation sites excluding steroid dienone is 6. The Morgan fingerprint density at radius 1 is 0.571 bits per heavy atom. The first-order valence-electron chi connectivity index (χ1n) is 10.6. The van der Waals surface area contributed by atoms with Gasteiger partial charge in [-0.05, 0) is 36.1 Å². The van der Waals surface area contributed by atoms with E-state index in [-0.39, 0.29) is 10.1 Å². The third-order valence-corrected chi connectivity index (χ3v) is 11.2. The molecule has 0 N–H and O–H groups in total. The lowest BCUT2D eigenvalue weighted by molar-refractivity contribution is 0.599. The summed E-state index contributed by atoms with van der Waals surface area (Å²) in [7, 11) is 0. The lowest BCUT2D eigenvalue weighted by atomic mass is 9.91. The van der Waals surface area contributed by atoms with E-state index in [1.165, 1.54) is 11.8 Å². The minimum Gasteiger partial charge on any atom is -0.0946 e. The van der Waals surface area contributed by atoms with Gasteiger partial charge in [0.05, 0.1) is 10.1 Å². The molecule has 4 rings (SSSR count). The van der Waals surface area contributed by atoms with Gasteiger partial charge in [0, 0.05) is 31.7 Å². The quantitative estimate of drug-likeness (QED) is 0.282. The molecule has 0 fully saturated rings. The first-order valence-corrected chi connectivity index (χ1v) is 14.4. The number of halogens is 8. The molecule has 0 aromatic heterocycles. The van der Waals surface area contributed by atoms with E-state index < -0.39 is 20.5 Å². The topological polar surface area (TPSA) is 0 Å². The number of hydrogen-bond acceptors (Lipinski definition) is 1. The molecule has 0 radical (unpaired) electrons. The zero-order chi connectivity index (χ0) is 25.4. The number of alkyl halides is 4. The van der Waals surface area contributed by atoms with Crippen LogP contribution in [0.15, 0.2) is 103 Å². The molecule has 0 saturated heterocycles. The largest absolute Gasteiger partial charge is 0.161 e. The molecular formula is C26H18Cl8S. The highest BCUT2D eigenvalue weighted by Crippen LogP contribution is 2.56. The van der Waals surface area contributed by atoms with Crippen molar-refractivity contribution in [1.29, 1.82) is 0 Å². The third-order valence-electron chi connectivity index (χ3n) is 5.90. The summed E-state index contributed by atoms with van der Waals surface area (Å²) < 4.78 is -2.73. The predicted molar refractivity (Wildman–Crippen MR) is 157 cm³/mol. The molecule has 9 heteroatoms. The second-order valence-corrected chi connectivity index (χ2v) is 13.7. The third kappa shape index (κ3) is 6.06. The molecule has 2 aliphatic carbocycles. The van der Waals surface area contributed by atoms with Crippen LogP contribution in [-0.2, 0) is 12.8 Å². The van der Waals surface area contributed by atoms with Crippen molar-refractivity contribution in [2.24, 2.45) is 11.8 Å². The van der Waals surface area contributed by atoms with Crippen molar-refractivity contribution in [3.63, 3.8) is 0 Å². The van der Waals surface area contributed by atoms with Crippen molar-refractivity contribution in [3.05, 3.63) is 114 Å². The van der Waals surface area contributed by atoms with Gasteiger partial charge < -0.3 is 0 Å². The molecule has 2 aromatic rings. The maximum atomic E-state index is 6.89. The second kappa shape index (κ2) is 11.4. The maximum Gasteiger partial charge on any atom is 0.161 e. The number of hydrogen-bond donors (Lipinski definition) is 0. The van der Waals surface area contributed by atoms with Crippen LogP contribution in [0.2, 0.25) is 0 Å². The Hall–Kier alpha value is 0.0700. The molecule has 0 spiro atoms. The lowest BCUT2D eigenvalue weighted by Crippen LogP contribution is -2.32. The summed E-state index contributed by atoms with van der Waals surface area (Å²) in [4.78, 5) is 1.36. The Morgan fingerprint density at radius 2 is 0.914 bits per heavy atom. The molecule has 0 aliphatic heterocycles. The van der Waals surface area contributed by atoms with Crippen LogP contribution in [0.3, 0.4) is 0 Å². The minimum atomic E-state index is -1.37. The van der Waals surface area contributed by atoms with E-state index >= 15 is 0 Å². The van der Waals surface area contributed by atoms with Crippen molar-refractivity contribution in [3.8, 4) is 0 Å². The van der Waals surface area contributed by atoms with Gasteiger partial charge in [0.25, 0.3) is 0 Å². The van der Waals surface area contributed by atoms with E-state index in [1.807, 2.05) is 60.7 Å². The summed E-state index contributed by atoms with van der Waals surface area (Å²) in [5, 5.41) is 1.54. The molecule has 2 aliphatic rings. The molecule has 2 aromatic carbocycles. The van der Waals surface area contributed by atoms with E-state index in [2.05, 4.69) is 0 Å². The van der Waals surface area contributed by atoms with E-state index in [4.69, 9.17) is 92.8 Å². The Labute approximate surface area is 249 Å². The molecule has 2 atom stereocenters. The van der Waals surface area contributed by atoms with Crippen LogP contribution in [0, 0.1) is 11.8 Å². The Balaban J connectivity index is 1.69. The molecule has 184 valence electrons. The standard InChI is InChI=1S/C26H18Cl8S/c27-21-13-19(23(29)17(25(21,31)32)11-15-7-3-1-4-8-15)35-20-14-22(28)26(33,34)18(24(20)30)12-16-9-5-2-6-10-16/h1-10,13-14,17-18H,11-12H2. The predicted octanol–water partition coefficient (Wildman–Crippen LogP) is 11.0. The van der Waals surface area contributed by atoms with Crippen LogP contribution < -0.4 is 0 Å². The van der Waals surface area contributed by atoms with Gasteiger partial charge in [-0.2, -0.15) is 0 Å². The van der Waals surface area contributed by atoms with Gasteiger partial charge in [-0.3, -0.25) is 0 Å². The van der Waals surface area contributed by atoms with Gasteiger partial charge in [0.15, 0.2) is 8.67 Å². The average molecular weight is 646 g/mol. The van der Waals surface area contributed by atoms with Gasteiger partial charge in [0.1, 0.15) is 0 Å². The normalized spacial score (nSPS) is 23.8. The smallest absolute Gasteiger partial charge is 0.0946 e. The summed E-state index contributed by atoms with van der Waals surface area (Å²) in [5.74, 6) is -0.921. The first kappa shape index (κ1) is 28.1. The van der Waals surface area contributed by atoms with Crippen LogP contribution in [0.5, 0.6) is 0 Å². The van der Waals surface area contributed by atoms with Crippen molar-refractivity contribution >= 4 is 105 Å². The highest BCUT2D eigenvalue weighted by atomic mass is 35.5. The first-order chi connectivity index (χ1) is 16.5. The van der Waals surface area contributed by atoms with Gasteiger partial charge in [-0.25, -0.2) is 0 Å². The van der Waals surface area contributed by atoms with Gasteiger partial charge in [-0.15, -0.1) is 0 Å². The molecule has 0 nitrogen and oxygen atoms in total. The zero-order valence-corrected chi connectivity index (χ0v) is 24.8. The van der Waals surface area contributed by atoms with Gasteiger partial charge in [0.2, 0.25) is 0 Å². The lowest BCUT2D eigenvalue weighted by Gasteiger charge is -2.36. The van der Waals surface area contributed by atoms with Crippen molar-refractivity contribution in [1.82, 2.24) is 0 Å². The molecule has 2 unspecified atom stereocenters. The summed E-state index contributed by atoms with van der Waals surface area (Å²) in [5.41, 5.74) is 2.07. The highest BCUT2D eigenvalue weighted by molar-refractivity contribution is 8.07. The van der Waals surface area contributed by atoms with Crippen LogP contribution in [0.4, 0.5) is 0 Å². The van der Waals surface area contributed by atoms with Crippen LogP contribution >= 0.6 is 105 Å². The molecule has 35 heavy (non-hydrogen) atoms. The number of benzene rings is 2. The van der Waals surface area contributed by atoms with E-state index in [0.29, 0.717) is 32.7 Å². The van der Waals surface area contributed by atoms with Crippen molar-refractivity contribution < 1.29 is 0 Å².